The van der Waals surface area contributed by atoms with Gasteiger partial charge in [0.25, 0.3) is 5.91 Å². The third-order valence-corrected chi connectivity index (χ3v) is 4.45. The number of carbonyl (C=O) groups is 1. The number of likely N-dealkylation sites (tertiary alicyclic amines) is 1. The van der Waals surface area contributed by atoms with Gasteiger partial charge in [-0.1, -0.05) is 6.07 Å². The SMILES string of the molecule is O=C(c1ccc(Cl)o1)N1CCC[C@@H]1c1ccc2c(c1)OCCO2. The molecule has 1 amide bonds. The normalized spacial score (nSPS) is 19.9. The first kappa shape index (κ1) is 14.5. The Morgan fingerprint density at radius 2 is 1.96 bits per heavy atom. The molecule has 1 aromatic heterocycles. The van der Waals surface area contributed by atoms with Gasteiger partial charge in [-0.15, -0.1) is 0 Å². The van der Waals surface area contributed by atoms with Crippen molar-refractivity contribution in [3.05, 3.63) is 46.9 Å². The van der Waals surface area contributed by atoms with Crippen LogP contribution in [0.1, 0.15) is 35.0 Å². The first-order chi connectivity index (χ1) is 11.2. The molecule has 1 saturated heterocycles. The van der Waals surface area contributed by atoms with Gasteiger partial charge in [-0.25, -0.2) is 0 Å². The van der Waals surface area contributed by atoms with Gasteiger partial charge in [-0.2, -0.15) is 0 Å². The van der Waals surface area contributed by atoms with Gasteiger partial charge in [0.2, 0.25) is 0 Å². The molecule has 0 bridgehead atoms. The number of fused-ring (bicyclic) bond motifs is 1. The fourth-order valence-corrected chi connectivity index (χ4v) is 3.34. The third-order valence-electron chi connectivity index (χ3n) is 4.25. The first-order valence-electron chi connectivity index (χ1n) is 7.68. The maximum absolute atomic E-state index is 12.7. The van der Waals surface area contributed by atoms with E-state index in [2.05, 4.69) is 0 Å². The largest absolute Gasteiger partial charge is 0.486 e. The topological polar surface area (TPSA) is 51.9 Å². The summed E-state index contributed by atoms with van der Waals surface area (Å²) in [5.74, 6) is 1.65. The maximum Gasteiger partial charge on any atom is 0.290 e. The molecule has 0 aliphatic carbocycles. The van der Waals surface area contributed by atoms with Gasteiger partial charge in [-0.05, 0) is 54.3 Å². The summed E-state index contributed by atoms with van der Waals surface area (Å²) in [7, 11) is 0. The number of carbonyl (C=O) groups excluding carboxylic acids is 1. The van der Waals surface area contributed by atoms with Crippen LogP contribution in [-0.2, 0) is 0 Å². The molecule has 5 nitrogen and oxygen atoms in total. The summed E-state index contributed by atoms with van der Waals surface area (Å²) in [6, 6.07) is 9.10. The number of rotatable bonds is 2. The Morgan fingerprint density at radius 1 is 1.13 bits per heavy atom. The van der Waals surface area contributed by atoms with Crippen LogP contribution < -0.4 is 9.47 Å². The zero-order chi connectivity index (χ0) is 15.8. The van der Waals surface area contributed by atoms with Crippen molar-refractivity contribution in [1.82, 2.24) is 4.90 Å². The summed E-state index contributed by atoms with van der Waals surface area (Å²) in [5, 5.41) is 0.225. The van der Waals surface area contributed by atoms with E-state index in [1.165, 1.54) is 0 Å². The van der Waals surface area contributed by atoms with Crippen molar-refractivity contribution < 1.29 is 18.7 Å². The van der Waals surface area contributed by atoms with Gasteiger partial charge in [0.05, 0.1) is 6.04 Å². The lowest BCUT2D eigenvalue weighted by Gasteiger charge is -2.26. The number of amides is 1. The lowest BCUT2D eigenvalue weighted by Crippen LogP contribution is -2.30. The predicted octanol–water partition coefficient (Wildman–Crippen LogP) is 3.68. The van der Waals surface area contributed by atoms with Gasteiger partial charge in [0, 0.05) is 6.54 Å². The Balaban J connectivity index is 1.61. The van der Waals surface area contributed by atoms with Gasteiger partial charge in [-0.3, -0.25) is 4.79 Å². The quantitative estimate of drug-likeness (QED) is 0.841. The minimum absolute atomic E-state index is 0.0159. The van der Waals surface area contributed by atoms with Crippen LogP contribution in [0, 0.1) is 0 Å². The third kappa shape index (κ3) is 2.65. The molecular weight excluding hydrogens is 318 g/mol. The number of hydrogen-bond acceptors (Lipinski definition) is 4. The van der Waals surface area contributed by atoms with E-state index in [1.54, 1.807) is 12.1 Å². The van der Waals surface area contributed by atoms with Crippen LogP contribution >= 0.6 is 11.6 Å². The van der Waals surface area contributed by atoms with Crippen LogP contribution in [-0.4, -0.2) is 30.6 Å². The number of benzene rings is 1. The Morgan fingerprint density at radius 3 is 2.74 bits per heavy atom. The van der Waals surface area contributed by atoms with Gasteiger partial charge in [0.15, 0.2) is 22.5 Å². The van der Waals surface area contributed by atoms with E-state index in [0.29, 0.717) is 19.8 Å². The highest BCUT2D eigenvalue weighted by Gasteiger charge is 2.32. The first-order valence-corrected chi connectivity index (χ1v) is 8.06. The van der Waals surface area contributed by atoms with Crippen molar-refractivity contribution in [2.75, 3.05) is 19.8 Å². The lowest BCUT2D eigenvalue weighted by atomic mass is 10.0. The van der Waals surface area contributed by atoms with Gasteiger partial charge < -0.3 is 18.8 Å². The Kier molecular flexibility index (Phi) is 3.65. The smallest absolute Gasteiger partial charge is 0.290 e. The number of hydrogen-bond donors (Lipinski definition) is 0. The minimum atomic E-state index is -0.130. The van der Waals surface area contributed by atoms with Crippen LogP contribution in [0.2, 0.25) is 5.22 Å². The van der Waals surface area contributed by atoms with Crippen molar-refractivity contribution >= 4 is 17.5 Å². The number of halogens is 1. The summed E-state index contributed by atoms with van der Waals surface area (Å²) in [6.45, 7) is 1.82. The second-order valence-corrected chi connectivity index (χ2v) is 6.04. The Hall–Kier alpha value is -2.14. The highest BCUT2D eigenvalue weighted by atomic mass is 35.5. The van der Waals surface area contributed by atoms with E-state index in [0.717, 1.165) is 29.9 Å². The zero-order valence-electron chi connectivity index (χ0n) is 12.5. The monoisotopic (exact) mass is 333 g/mol. The molecule has 0 N–H and O–H groups in total. The zero-order valence-corrected chi connectivity index (χ0v) is 13.2. The summed E-state index contributed by atoms with van der Waals surface area (Å²) in [6.07, 6.45) is 1.87. The van der Waals surface area contributed by atoms with E-state index in [-0.39, 0.29) is 22.9 Å². The summed E-state index contributed by atoms with van der Waals surface area (Å²) in [4.78, 5) is 14.5. The van der Waals surface area contributed by atoms with E-state index >= 15 is 0 Å². The van der Waals surface area contributed by atoms with E-state index in [4.69, 9.17) is 25.5 Å². The highest BCUT2D eigenvalue weighted by molar-refractivity contribution is 6.29. The Labute approximate surface area is 138 Å². The average Bonchev–Trinajstić information content (AvgIpc) is 3.23. The van der Waals surface area contributed by atoms with Crippen molar-refractivity contribution in [1.29, 1.82) is 0 Å². The van der Waals surface area contributed by atoms with Gasteiger partial charge >= 0.3 is 0 Å². The number of furan rings is 1. The molecule has 23 heavy (non-hydrogen) atoms. The minimum Gasteiger partial charge on any atom is -0.486 e. The molecule has 0 radical (unpaired) electrons. The van der Waals surface area contributed by atoms with E-state index in [1.807, 2.05) is 23.1 Å². The molecule has 2 aliphatic rings. The van der Waals surface area contributed by atoms with Crippen molar-refractivity contribution in [2.24, 2.45) is 0 Å². The molecule has 1 aromatic carbocycles. The van der Waals surface area contributed by atoms with E-state index < -0.39 is 0 Å². The van der Waals surface area contributed by atoms with Crippen molar-refractivity contribution in [2.45, 2.75) is 18.9 Å². The lowest BCUT2D eigenvalue weighted by molar-refractivity contribution is 0.0703. The maximum atomic E-state index is 12.7. The number of ether oxygens (including phenoxy) is 2. The molecule has 120 valence electrons. The fraction of sp³-hybridized carbons (Fsp3) is 0.353. The van der Waals surface area contributed by atoms with Crippen molar-refractivity contribution in [3.63, 3.8) is 0 Å². The molecule has 0 saturated carbocycles. The summed E-state index contributed by atoms with van der Waals surface area (Å²) in [5.41, 5.74) is 1.05. The number of nitrogens with zero attached hydrogens (tertiary/aromatic N) is 1. The molecule has 0 unspecified atom stereocenters. The predicted molar refractivity (Wildman–Crippen MR) is 84.2 cm³/mol. The van der Waals surface area contributed by atoms with Gasteiger partial charge in [0.1, 0.15) is 13.2 Å². The van der Waals surface area contributed by atoms with Crippen LogP contribution in [0.15, 0.2) is 34.7 Å². The average molecular weight is 334 g/mol. The molecule has 4 rings (SSSR count). The van der Waals surface area contributed by atoms with Crippen molar-refractivity contribution in [3.8, 4) is 11.5 Å². The molecule has 2 aliphatic heterocycles. The second kappa shape index (κ2) is 5.81. The van der Waals surface area contributed by atoms with Crippen LogP contribution in [0.4, 0.5) is 0 Å². The highest BCUT2D eigenvalue weighted by Crippen LogP contribution is 2.38. The van der Waals surface area contributed by atoms with Crippen LogP contribution in [0.3, 0.4) is 0 Å². The molecule has 2 aromatic rings. The van der Waals surface area contributed by atoms with Crippen LogP contribution in [0.5, 0.6) is 11.5 Å². The molecular formula is C17H16ClNO4. The molecule has 1 fully saturated rings. The molecule has 0 spiro atoms. The molecule has 3 heterocycles. The standard InChI is InChI=1S/C17H16ClNO4/c18-16-6-5-14(23-16)17(20)19-7-1-2-12(19)11-3-4-13-15(10-11)22-9-8-21-13/h3-6,10,12H,1-2,7-9H2/t12-/m1/s1. The summed E-state index contributed by atoms with van der Waals surface area (Å²) < 4.78 is 16.5. The molecule has 6 heteroatoms. The fourth-order valence-electron chi connectivity index (χ4n) is 3.19. The Bertz CT molecular complexity index is 742. The molecule has 1 atom stereocenters. The van der Waals surface area contributed by atoms with E-state index in [9.17, 15) is 4.79 Å². The van der Waals surface area contributed by atoms with Crippen LogP contribution in [0.25, 0.3) is 0 Å². The summed E-state index contributed by atoms with van der Waals surface area (Å²) >= 11 is 5.78. The second-order valence-electron chi connectivity index (χ2n) is 5.66.